The highest BCUT2D eigenvalue weighted by molar-refractivity contribution is 6.31. The van der Waals surface area contributed by atoms with Crippen molar-refractivity contribution < 1.29 is 14.6 Å². The highest BCUT2D eigenvalue weighted by Gasteiger charge is 2.49. The lowest BCUT2D eigenvalue weighted by Crippen LogP contribution is -2.63. The molecule has 2 N–H and O–H groups in total. The number of aliphatic imine (C=N–C) groups is 1. The van der Waals surface area contributed by atoms with E-state index in [2.05, 4.69) is 17.1 Å². The molecule has 0 bridgehead atoms. The first-order chi connectivity index (χ1) is 15.4. The molecule has 2 heterocycles. The molecule has 3 atom stereocenters. The Balaban J connectivity index is 1.77. The average Bonchev–Trinajstić information content (AvgIpc) is 2.96. The number of hydrogen-bond acceptors (Lipinski definition) is 5. The van der Waals surface area contributed by atoms with Gasteiger partial charge in [-0.2, -0.15) is 0 Å². The van der Waals surface area contributed by atoms with Crippen molar-refractivity contribution in [2.75, 3.05) is 19.6 Å². The van der Waals surface area contributed by atoms with Crippen molar-refractivity contribution in [2.45, 2.75) is 39.7 Å². The van der Waals surface area contributed by atoms with Crippen LogP contribution >= 0.6 is 11.6 Å². The van der Waals surface area contributed by atoms with Crippen LogP contribution in [0.4, 0.5) is 5.69 Å². The van der Waals surface area contributed by atoms with Gasteiger partial charge in [0.15, 0.2) is 5.75 Å². The van der Waals surface area contributed by atoms with Crippen LogP contribution in [-0.2, 0) is 4.79 Å². The predicted molar refractivity (Wildman–Crippen MR) is 127 cm³/mol. The van der Waals surface area contributed by atoms with Crippen LogP contribution in [0.2, 0.25) is 5.02 Å². The van der Waals surface area contributed by atoms with Crippen molar-refractivity contribution >= 4 is 29.1 Å². The second-order valence-corrected chi connectivity index (χ2v) is 9.04. The minimum atomic E-state index is -0.851. The highest BCUT2D eigenvalue weighted by Crippen LogP contribution is 2.42. The number of amidine groups is 1. The Hall–Kier alpha value is -2.57. The molecular formula is C25H30ClN3O3. The van der Waals surface area contributed by atoms with Gasteiger partial charge in [-0.15, -0.1) is 0 Å². The fraction of sp³-hybridized carbons (Fsp3) is 0.440. The van der Waals surface area contributed by atoms with Gasteiger partial charge in [-0.05, 0) is 42.7 Å². The van der Waals surface area contributed by atoms with E-state index in [0.717, 1.165) is 30.1 Å². The van der Waals surface area contributed by atoms with Crippen molar-refractivity contribution in [1.82, 2.24) is 10.2 Å². The number of carbonyl (C=O) groups is 1. The molecule has 2 unspecified atom stereocenters. The number of aliphatic carboxylic acids is 1. The van der Waals surface area contributed by atoms with E-state index >= 15 is 0 Å². The van der Waals surface area contributed by atoms with Crippen molar-refractivity contribution in [3.05, 3.63) is 53.1 Å². The molecule has 2 aromatic rings. The Bertz CT molecular complexity index is 1040. The molecule has 170 valence electrons. The zero-order valence-corrected chi connectivity index (χ0v) is 19.5. The average molecular weight is 456 g/mol. The lowest BCUT2D eigenvalue weighted by molar-refractivity contribution is -0.156. The molecule has 2 aromatic carbocycles. The lowest BCUT2D eigenvalue weighted by Gasteiger charge is -2.46. The molecule has 7 heteroatoms. The summed E-state index contributed by atoms with van der Waals surface area (Å²) in [7, 11) is 0. The van der Waals surface area contributed by atoms with Gasteiger partial charge in [0.1, 0.15) is 17.3 Å². The Labute approximate surface area is 194 Å². The molecule has 2 aliphatic rings. The molecule has 0 aromatic heterocycles. The number of ether oxygens (including phenoxy) is 1. The molecule has 32 heavy (non-hydrogen) atoms. The fourth-order valence-corrected chi connectivity index (χ4v) is 5.21. The molecule has 4 rings (SSSR count). The summed E-state index contributed by atoms with van der Waals surface area (Å²) in [5, 5.41) is 14.4. The summed E-state index contributed by atoms with van der Waals surface area (Å²) in [5.74, 6) is 1.46. The summed E-state index contributed by atoms with van der Waals surface area (Å²) in [5.41, 5.74) is 0.706. The van der Waals surface area contributed by atoms with Gasteiger partial charge in [0, 0.05) is 30.7 Å². The van der Waals surface area contributed by atoms with Gasteiger partial charge >= 0.3 is 5.97 Å². The van der Waals surface area contributed by atoms with Crippen LogP contribution in [0.5, 0.6) is 11.5 Å². The predicted octanol–water partition coefficient (Wildman–Crippen LogP) is 5.32. The summed E-state index contributed by atoms with van der Waals surface area (Å²) in [6.45, 7) is 8.03. The number of carboxylic acid groups (broad SMARTS) is 1. The van der Waals surface area contributed by atoms with Crippen LogP contribution in [0.25, 0.3) is 0 Å². The summed E-state index contributed by atoms with van der Waals surface area (Å²) in [6, 6.07) is 13.1. The van der Waals surface area contributed by atoms with Crippen LogP contribution in [-0.4, -0.2) is 47.5 Å². The van der Waals surface area contributed by atoms with Crippen molar-refractivity contribution in [3.63, 3.8) is 0 Å². The lowest BCUT2D eigenvalue weighted by atomic mass is 9.67. The molecule has 6 nitrogen and oxygen atoms in total. The van der Waals surface area contributed by atoms with Crippen LogP contribution in [0.15, 0.2) is 47.5 Å². The number of piperazine rings is 1. The number of para-hydroxylation sites is 1. The molecule has 1 saturated heterocycles. The third-order valence-electron chi connectivity index (χ3n) is 7.07. The number of fused-ring (bicyclic) bond motifs is 2. The summed E-state index contributed by atoms with van der Waals surface area (Å²) < 4.78 is 6.18. The van der Waals surface area contributed by atoms with E-state index in [9.17, 15) is 9.90 Å². The summed E-state index contributed by atoms with van der Waals surface area (Å²) in [4.78, 5) is 19.7. The normalized spacial score (nSPS) is 20.7. The third kappa shape index (κ3) is 3.86. The largest absolute Gasteiger partial charge is 0.481 e. The number of carboxylic acids is 1. The highest BCUT2D eigenvalue weighted by atomic mass is 35.5. The van der Waals surface area contributed by atoms with Crippen molar-refractivity contribution in [2.24, 2.45) is 16.3 Å². The van der Waals surface area contributed by atoms with Gasteiger partial charge in [0.05, 0.1) is 11.0 Å². The second-order valence-electron chi connectivity index (χ2n) is 8.61. The molecule has 0 amide bonds. The van der Waals surface area contributed by atoms with Gasteiger partial charge < -0.3 is 20.1 Å². The smallest absolute Gasteiger partial charge is 0.311 e. The van der Waals surface area contributed by atoms with Crippen molar-refractivity contribution in [3.8, 4) is 11.5 Å². The van der Waals surface area contributed by atoms with Gasteiger partial charge in [0.25, 0.3) is 0 Å². The van der Waals surface area contributed by atoms with E-state index in [1.807, 2.05) is 44.2 Å². The zero-order valence-electron chi connectivity index (χ0n) is 18.8. The first-order valence-corrected chi connectivity index (χ1v) is 11.7. The van der Waals surface area contributed by atoms with E-state index in [4.69, 9.17) is 21.3 Å². The SMILES string of the molecule is CCC(C)[C@@](CC)(C(=O)O)C1CN(C2=Nc3cc(Cl)ccc3Oc3ccccc32)CCN1. The zero-order chi connectivity index (χ0) is 22.9. The van der Waals surface area contributed by atoms with Gasteiger partial charge in [-0.1, -0.05) is 50.9 Å². The summed E-state index contributed by atoms with van der Waals surface area (Å²) >= 11 is 6.25. The molecule has 1 fully saturated rings. The number of hydrogen-bond donors (Lipinski definition) is 2. The molecule has 0 radical (unpaired) electrons. The molecule has 0 saturated carbocycles. The Morgan fingerprint density at radius 1 is 1.31 bits per heavy atom. The Morgan fingerprint density at radius 2 is 2.09 bits per heavy atom. The topological polar surface area (TPSA) is 74.2 Å². The van der Waals surface area contributed by atoms with E-state index in [1.165, 1.54) is 0 Å². The van der Waals surface area contributed by atoms with Crippen molar-refractivity contribution in [1.29, 1.82) is 0 Å². The maximum Gasteiger partial charge on any atom is 0.311 e. The number of halogens is 1. The molecule has 0 aliphatic carbocycles. The number of nitrogens with one attached hydrogen (secondary N) is 1. The maximum absolute atomic E-state index is 12.6. The summed E-state index contributed by atoms with van der Waals surface area (Å²) in [6.07, 6.45) is 1.37. The fourth-order valence-electron chi connectivity index (χ4n) is 5.04. The number of benzene rings is 2. The van der Waals surface area contributed by atoms with E-state index < -0.39 is 11.4 Å². The first-order valence-electron chi connectivity index (χ1n) is 11.3. The third-order valence-corrected chi connectivity index (χ3v) is 7.30. The molecular weight excluding hydrogens is 426 g/mol. The maximum atomic E-state index is 12.6. The van der Waals surface area contributed by atoms with Gasteiger partial charge in [-0.25, -0.2) is 4.99 Å². The van der Waals surface area contributed by atoms with Gasteiger partial charge in [-0.3, -0.25) is 4.79 Å². The standard InChI is InChI=1S/C25H30ClN3O3/c1-4-16(3)25(5-2,24(30)31)22-15-29(13-12-27-22)23-18-8-6-7-9-20(18)32-21-11-10-17(26)14-19(21)28-23/h6-11,14,16,22,27H,4-5,12-13,15H2,1-3H3,(H,30,31)/t16?,22?,25-/m1/s1. The van der Waals surface area contributed by atoms with E-state index in [0.29, 0.717) is 36.0 Å². The minimum absolute atomic E-state index is 0.0358. The van der Waals surface area contributed by atoms with Crippen LogP contribution in [0.3, 0.4) is 0 Å². The van der Waals surface area contributed by atoms with E-state index in [-0.39, 0.29) is 12.0 Å². The Kier molecular flexibility index (Phi) is 6.45. The van der Waals surface area contributed by atoms with Gasteiger partial charge in [0.2, 0.25) is 0 Å². The van der Waals surface area contributed by atoms with Crippen LogP contribution in [0.1, 0.15) is 39.2 Å². The number of rotatable bonds is 5. The van der Waals surface area contributed by atoms with Crippen LogP contribution < -0.4 is 10.1 Å². The first kappa shape index (κ1) is 22.6. The molecule has 2 aliphatic heterocycles. The number of nitrogens with zero attached hydrogens (tertiary/aromatic N) is 2. The Morgan fingerprint density at radius 3 is 2.81 bits per heavy atom. The molecule has 0 spiro atoms. The monoisotopic (exact) mass is 455 g/mol. The minimum Gasteiger partial charge on any atom is -0.481 e. The van der Waals surface area contributed by atoms with Crippen LogP contribution in [0, 0.1) is 11.3 Å². The second kappa shape index (κ2) is 9.12. The van der Waals surface area contributed by atoms with E-state index in [1.54, 1.807) is 12.1 Å². The quantitative estimate of drug-likeness (QED) is 0.637.